The fourth-order valence-electron chi connectivity index (χ4n) is 3.94. The van der Waals surface area contributed by atoms with Crippen LogP contribution in [0.5, 0.6) is 0 Å². The Morgan fingerprint density at radius 2 is 1.70 bits per heavy atom. The highest BCUT2D eigenvalue weighted by Gasteiger charge is 2.46. The maximum atomic E-state index is 13.2. The van der Waals surface area contributed by atoms with Gasteiger partial charge in [-0.2, -0.15) is 12.7 Å². The third-order valence-corrected chi connectivity index (χ3v) is 7.29. The highest BCUT2D eigenvalue weighted by atomic mass is 35.5. The molecule has 33 heavy (non-hydrogen) atoms. The van der Waals surface area contributed by atoms with E-state index in [4.69, 9.17) is 20.9 Å². The molecule has 1 aliphatic heterocycles. The molecule has 0 spiro atoms. The van der Waals surface area contributed by atoms with E-state index < -0.39 is 39.7 Å². The number of nitrogens with zero attached hydrogens (tertiary/aromatic N) is 1. The lowest BCUT2D eigenvalue weighted by Crippen LogP contribution is -2.51. The number of ketones is 2. The molecule has 1 fully saturated rings. The third-order valence-electron chi connectivity index (χ3n) is 5.68. The molecule has 0 bridgehead atoms. The van der Waals surface area contributed by atoms with Crippen molar-refractivity contribution < 1.29 is 32.1 Å². The van der Waals surface area contributed by atoms with Crippen LogP contribution < -0.4 is 0 Å². The Morgan fingerprint density at radius 3 is 2.33 bits per heavy atom. The van der Waals surface area contributed by atoms with E-state index in [0.29, 0.717) is 23.4 Å². The molecule has 10 heteroatoms. The van der Waals surface area contributed by atoms with Gasteiger partial charge in [-0.05, 0) is 42.5 Å². The highest BCUT2D eigenvalue weighted by molar-refractivity contribution is 7.84. The third kappa shape index (κ3) is 6.48. The Hall–Kier alpha value is -2.59. The number of Topliss-reactive ketones (excluding diaryl/α,β-unsaturated/α-hetero) is 2. The number of hydrogen-bond acceptors (Lipinski definition) is 6. The minimum absolute atomic E-state index is 0.139. The molecule has 1 aliphatic rings. The van der Waals surface area contributed by atoms with Crippen molar-refractivity contribution in [2.45, 2.75) is 32.3 Å². The van der Waals surface area contributed by atoms with Crippen molar-refractivity contribution in [3.63, 3.8) is 0 Å². The molecule has 0 radical (unpaired) electrons. The van der Waals surface area contributed by atoms with Crippen molar-refractivity contribution in [1.82, 2.24) is 4.31 Å². The molecule has 1 unspecified atom stereocenters. The number of halogens is 1. The van der Waals surface area contributed by atoms with Crippen LogP contribution in [0.25, 0.3) is 0 Å². The monoisotopic (exact) mass is 493 g/mol. The van der Waals surface area contributed by atoms with Crippen LogP contribution >= 0.6 is 11.6 Å². The zero-order valence-corrected chi connectivity index (χ0v) is 19.3. The second kappa shape index (κ2) is 10.6. The number of piperidine rings is 1. The summed E-state index contributed by atoms with van der Waals surface area (Å²) in [5.74, 6) is -3.53. The molecule has 176 valence electrons. The first kappa shape index (κ1) is 25.0. The van der Waals surface area contributed by atoms with Crippen molar-refractivity contribution in [3.8, 4) is 0 Å². The summed E-state index contributed by atoms with van der Waals surface area (Å²) in [5, 5.41) is 9.45. The highest BCUT2D eigenvalue weighted by Crippen LogP contribution is 2.37. The van der Waals surface area contributed by atoms with Gasteiger partial charge in [0.05, 0.1) is 13.0 Å². The summed E-state index contributed by atoms with van der Waals surface area (Å²) < 4.78 is 32.1. The first-order valence-corrected chi connectivity index (χ1v) is 12.1. The Labute approximate surface area is 197 Å². The SMILES string of the molecule is O=C(O)C(=O)CC(=O)C1(Cc2ccc(Cl)cc2)CCCN(S(=O)(=O)OCc2ccccc2)C1. The van der Waals surface area contributed by atoms with Gasteiger partial charge in [0.2, 0.25) is 5.78 Å². The van der Waals surface area contributed by atoms with Crippen LogP contribution in [0, 0.1) is 5.41 Å². The molecule has 0 aromatic heterocycles. The zero-order valence-electron chi connectivity index (χ0n) is 17.8. The predicted molar refractivity (Wildman–Crippen MR) is 121 cm³/mol. The molecule has 0 aliphatic carbocycles. The van der Waals surface area contributed by atoms with Gasteiger partial charge in [-0.25, -0.2) is 4.79 Å². The van der Waals surface area contributed by atoms with Crippen LogP contribution in [0.1, 0.15) is 30.4 Å². The van der Waals surface area contributed by atoms with Crippen molar-refractivity contribution in [2.75, 3.05) is 13.1 Å². The molecule has 1 atom stereocenters. The first-order valence-electron chi connectivity index (χ1n) is 10.3. The van der Waals surface area contributed by atoms with E-state index in [1.807, 2.05) is 0 Å². The summed E-state index contributed by atoms with van der Waals surface area (Å²) in [6.07, 6.45) is 0.00285. The zero-order chi connectivity index (χ0) is 24.1. The minimum atomic E-state index is -4.17. The number of carboxylic acids is 1. The predicted octanol–water partition coefficient (Wildman–Crippen LogP) is 3.04. The summed E-state index contributed by atoms with van der Waals surface area (Å²) in [5.41, 5.74) is 0.133. The smallest absolute Gasteiger partial charge is 0.372 e. The molecule has 1 heterocycles. The number of carboxylic acid groups (broad SMARTS) is 1. The standard InChI is InChI=1S/C23H24ClNO7S/c24-19-9-7-17(8-10-19)14-23(21(27)13-20(26)22(28)29)11-4-12-25(16-23)33(30,31)32-15-18-5-2-1-3-6-18/h1-3,5-10H,4,11-16H2,(H,28,29). The first-order chi connectivity index (χ1) is 15.6. The van der Waals surface area contributed by atoms with E-state index in [1.165, 1.54) is 0 Å². The average Bonchev–Trinajstić information content (AvgIpc) is 2.80. The van der Waals surface area contributed by atoms with Crippen LogP contribution in [0.4, 0.5) is 0 Å². The molecule has 1 N–H and O–H groups in total. The van der Waals surface area contributed by atoms with Gasteiger partial charge in [-0.1, -0.05) is 54.1 Å². The summed E-state index contributed by atoms with van der Waals surface area (Å²) in [6.45, 7) is -0.215. The molecule has 2 aromatic rings. The van der Waals surface area contributed by atoms with Gasteiger partial charge in [-0.15, -0.1) is 0 Å². The number of aliphatic carboxylic acids is 1. The van der Waals surface area contributed by atoms with Crippen molar-refractivity contribution >= 4 is 39.4 Å². The van der Waals surface area contributed by atoms with Gasteiger partial charge in [0.25, 0.3) is 0 Å². The number of carbonyl (C=O) groups is 3. The van der Waals surface area contributed by atoms with Gasteiger partial charge >= 0.3 is 16.3 Å². The normalized spacial score (nSPS) is 19.2. The van der Waals surface area contributed by atoms with Gasteiger partial charge in [0.15, 0.2) is 0 Å². The fourth-order valence-corrected chi connectivity index (χ4v) is 5.26. The van der Waals surface area contributed by atoms with Crippen LogP contribution in [0.15, 0.2) is 54.6 Å². The number of rotatable bonds is 10. The van der Waals surface area contributed by atoms with Gasteiger partial charge in [0, 0.05) is 23.5 Å². The molecule has 2 aromatic carbocycles. The van der Waals surface area contributed by atoms with Crippen molar-refractivity contribution in [1.29, 1.82) is 0 Å². The van der Waals surface area contributed by atoms with Gasteiger partial charge in [0.1, 0.15) is 5.78 Å². The summed E-state index contributed by atoms with van der Waals surface area (Å²) in [6, 6.07) is 15.5. The largest absolute Gasteiger partial charge is 0.475 e. The molecular weight excluding hydrogens is 470 g/mol. The number of carbonyl (C=O) groups excluding carboxylic acids is 2. The molecular formula is C23H24ClNO7S. The van der Waals surface area contributed by atoms with Gasteiger partial charge < -0.3 is 5.11 Å². The van der Waals surface area contributed by atoms with E-state index in [9.17, 15) is 22.8 Å². The Balaban J connectivity index is 1.85. The van der Waals surface area contributed by atoms with Crippen LogP contribution in [0.2, 0.25) is 5.02 Å². The molecule has 0 saturated carbocycles. The second-order valence-corrected chi connectivity index (χ2v) is 10.1. The summed E-state index contributed by atoms with van der Waals surface area (Å²) in [7, 11) is -4.17. The van der Waals surface area contributed by atoms with Gasteiger partial charge in [-0.3, -0.25) is 13.8 Å². The van der Waals surface area contributed by atoms with E-state index in [0.717, 1.165) is 9.87 Å². The lowest BCUT2D eigenvalue weighted by Gasteiger charge is -2.40. The van der Waals surface area contributed by atoms with Crippen LogP contribution in [0.3, 0.4) is 0 Å². The minimum Gasteiger partial charge on any atom is -0.475 e. The van der Waals surface area contributed by atoms with E-state index in [2.05, 4.69) is 0 Å². The average molecular weight is 494 g/mol. The Bertz CT molecular complexity index is 1120. The Kier molecular flexibility index (Phi) is 8.01. The molecule has 3 rings (SSSR count). The molecule has 8 nitrogen and oxygen atoms in total. The fraction of sp³-hybridized carbons (Fsp3) is 0.348. The number of benzene rings is 2. The van der Waals surface area contributed by atoms with Crippen LogP contribution in [-0.2, 0) is 41.9 Å². The second-order valence-electron chi connectivity index (χ2n) is 8.05. The summed E-state index contributed by atoms with van der Waals surface area (Å²) >= 11 is 5.94. The van der Waals surface area contributed by atoms with E-state index >= 15 is 0 Å². The van der Waals surface area contributed by atoms with Crippen molar-refractivity contribution in [3.05, 3.63) is 70.7 Å². The van der Waals surface area contributed by atoms with E-state index in [1.54, 1.807) is 54.6 Å². The summed E-state index contributed by atoms with van der Waals surface area (Å²) in [4.78, 5) is 36.0. The quantitative estimate of drug-likeness (QED) is 0.399. The molecule has 1 saturated heterocycles. The number of hydrogen-bond donors (Lipinski definition) is 1. The lowest BCUT2D eigenvalue weighted by atomic mass is 9.71. The van der Waals surface area contributed by atoms with Crippen LogP contribution in [-0.4, -0.2) is 48.5 Å². The Morgan fingerprint density at radius 1 is 1.03 bits per heavy atom. The molecule has 0 amide bonds. The lowest BCUT2D eigenvalue weighted by molar-refractivity contribution is -0.151. The van der Waals surface area contributed by atoms with E-state index in [-0.39, 0.29) is 26.1 Å². The van der Waals surface area contributed by atoms with Crippen molar-refractivity contribution in [2.24, 2.45) is 5.41 Å². The maximum Gasteiger partial charge on any atom is 0.372 e. The topological polar surface area (TPSA) is 118 Å². The maximum absolute atomic E-state index is 13.2.